The van der Waals surface area contributed by atoms with Gasteiger partial charge in [-0.1, -0.05) is 12.1 Å². The topological polar surface area (TPSA) is 119 Å². The summed E-state index contributed by atoms with van der Waals surface area (Å²) in [6, 6.07) is 12.9. The number of amides is 2. The molecule has 1 atom stereocenters. The SMILES string of the molecule is CONC(=O)CS(=O)(=O)c1ccc(C(C)NC(=O)c2cc(-c3ccc(F)cc3)nn2C)cc1. The number of nitrogens with one attached hydrogen (secondary N) is 2. The lowest BCUT2D eigenvalue weighted by Crippen LogP contribution is -2.29. The summed E-state index contributed by atoms with van der Waals surface area (Å²) in [4.78, 5) is 28.7. The minimum Gasteiger partial charge on any atom is -0.344 e. The predicted molar refractivity (Wildman–Crippen MR) is 118 cm³/mol. The largest absolute Gasteiger partial charge is 0.344 e. The van der Waals surface area contributed by atoms with Crippen LogP contribution in [0.3, 0.4) is 0 Å². The quantitative estimate of drug-likeness (QED) is 0.483. The normalized spacial score (nSPS) is 12.2. The summed E-state index contributed by atoms with van der Waals surface area (Å²) in [7, 11) is -0.993. The second-order valence-electron chi connectivity index (χ2n) is 7.30. The van der Waals surface area contributed by atoms with Crippen molar-refractivity contribution in [1.82, 2.24) is 20.6 Å². The average molecular weight is 475 g/mol. The van der Waals surface area contributed by atoms with E-state index in [0.717, 1.165) is 0 Å². The van der Waals surface area contributed by atoms with Crippen molar-refractivity contribution in [2.75, 3.05) is 12.9 Å². The van der Waals surface area contributed by atoms with E-state index in [1.807, 2.05) is 5.48 Å². The molecule has 0 aliphatic rings. The van der Waals surface area contributed by atoms with E-state index in [4.69, 9.17) is 0 Å². The number of sulfone groups is 1. The van der Waals surface area contributed by atoms with Gasteiger partial charge >= 0.3 is 0 Å². The number of aromatic nitrogens is 2. The number of halogens is 1. The molecule has 174 valence electrons. The van der Waals surface area contributed by atoms with Crippen LogP contribution in [-0.4, -0.2) is 42.9 Å². The molecule has 11 heteroatoms. The number of aryl methyl sites for hydroxylation is 1. The Morgan fingerprint density at radius 2 is 1.76 bits per heavy atom. The van der Waals surface area contributed by atoms with Gasteiger partial charge in [0.05, 0.1) is 23.7 Å². The van der Waals surface area contributed by atoms with E-state index in [0.29, 0.717) is 22.5 Å². The number of rotatable bonds is 8. The molecule has 0 bridgehead atoms. The molecule has 33 heavy (non-hydrogen) atoms. The van der Waals surface area contributed by atoms with Crippen LogP contribution < -0.4 is 10.8 Å². The molecular formula is C22H23FN4O5S. The number of benzene rings is 2. The van der Waals surface area contributed by atoms with Crippen LogP contribution in [0.15, 0.2) is 59.5 Å². The van der Waals surface area contributed by atoms with Gasteiger partial charge in [0.25, 0.3) is 11.8 Å². The fraction of sp³-hybridized carbons (Fsp3) is 0.227. The summed E-state index contributed by atoms with van der Waals surface area (Å²) >= 11 is 0. The smallest absolute Gasteiger partial charge is 0.270 e. The molecule has 3 aromatic rings. The van der Waals surface area contributed by atoms with Crippen molar-refractivity contribution in [2.24, 2.45) is 7.05 Å². The molecule has 3 rings (SSSR count). The average Bonchev–Trinajstić information content (AvgIpc) is 3.16. The maximum absolute atomic E-state index is 13.2. The van der Waals surface area contributed by atoms with E-state index < -0.39 is 27.5 Å². The van der Waals surface area contributed by atoms with Crippen LogP contribution in [0, 0.1) is 5.82 Å². The van der Waals surface area contributed by atoms with Gasteiger partial charge in [0.1, 0.15) is 17.3 Å². The Hall–Kier alpha value is -3.57. The maximum Gasteiger partial charge on any atom is 0.270 e. The second kappa shape index (κ2) is 9.92. The highest BCUT2D eigenvalue weighted by atomic mass is 32.2. The van der Waals surface area contributed by atoms with E-state index in [2.05, 4.69) is 15.3 Å². The predicted octanol–water partition coefficient (Wildman–Crippen LogP) is 2.17. The number of carbonyl (C=O) groups is 2. The first-order chi connectivity index (χ1) is 15.6. The van der Waals surface area contributed by atoms with Gasteiger partial charge in [-0.05, 0) is 55.0 Å². The summed E-state index contributed by atoms with van der Waals surface area (Å²) in [5.41, 5.74) is 4.15. The highest BCUT2D eigenvalue weighted by Crippen LogP contribution is 2.21. The lowest BCUT2D eigenvalue weighted by Gasteiger charge is -2.15. The number of hydrogen-bond donors (Lipinski definition) is 2. The summed E-state index contributed by atoms with van der Waals surface area (Å²) in [6.45, 7) is 1.75. The summed E-state index contributed by atoms with van der Waals surface area (Å²) < 4.78 is 39.2. The molecular weight excluding hydrogens is 451 g/mol. The van der Waals surface area contributed by atoms with Crippen molar-refractivity contribution in [1.29, 1.82) is 0 Å². The van der Waals surface area contributed by atoms with Gasteiger partial charge in [-0.25, -0.2) is 18.3 Å². The minimum atomic E-state index is -3.84. The zero-order chi connectivity index (χ0) is 24.2. The molecule has 0 aliphatic carbocycles. The van der Waals surface area contributed by atoms with E-state index in [9.17, 15) is 22.4 Å². The molecule has 0 radical (unpaired) electrons. The van der Waals surface area contributed by atoms with Crippen molar-refractivity contribution in [3.05, 3.63) is 71.7 Å². The summed E-state index contributed by atoms with van der Waals surface area (Å²) in [6.07, 6.45) is 0. The van der Waals surface area contributed by atoms with Crippen LogP contribution in [-0.2, 0) is 26.5 Å². The molecule has 2 N–H and O–H groups in total. The van der Waals surface area contributed by atoms with Crippen molar-refractivity contribution in [3.8, 4) is 11.3 Å². The highest BCUT2D eigenvalue weighted by Gasteiger charge is 2.21. The molecule has 0 saturated carbocycles. The Balaban J connectivity index is 1.70. The van der Waals surface area contributed by atoms with Crippen LogP contribution >= 0.6 is 0 Å². The maximum atomic E-state index is 13.2. The van der Waals surface area contributed by atoms with E-state index in [1.165, 1.54) is 36.1 Å². The van der Waals surface area contributed by atoms with Crippen LogP contribution in [0.5, 0.6) is 0 Å². The molecule has 1 unspecified atom stereocenters. The van der Waals surface area contributed by atoms with Crippen LogP contribution in [0.1, 0.15) is 29.0 Å². The fourth-order valence-corrected chi connectivity index (χ4v) is 4.28. The molecule has 2 aromatic carbocycles. The number of hydroxylamine groups is 1. The molecule has 1 aromatic heterocycles. The van der Waals surface area contributed by atoms with Crippen molar-refractivity contribution in [3.63, 3.8) is 0 Å². The van der Waals surface area contributed by atoms with Crippen molar-refractivity contribution >= 4 is 21.7 Å². The van der Waals surface area contributed by atoms with Crippen LogP contribution in [0.4, 0.5) is 4.39 Å². The molecule has 2 amide bonds. The van der Waals surface area contributed by atoms with Gasteiger partial charge in [0.2, 0.25) is 0 Å². The zero-order valence-electron chi connectivity index (χ0n) is 18.2. The summed E-state index contributed by atoms with van der Waals surface area (Å²) in [5.74, 6) is -2.26. The summed E-state index contributed by atoms with van der Waals surface area (Å²) in [5, 5.41) is 7.16. The van der Waals surface area contributed by atoms with E-state index >= 15 is 0 Å². The number of nitrogens with zero attached hydrogens (tertiary/aromatic N) is 2. The molecule has 1 heterocycles. The van der Waals surface area contributed by atoms with E-state index in [-0.39, 0.29) is 16.6 Å². The number of hydrogen-bond acceptors (Lipinski definition) is 6. The Kier molecular flexibility index (Phi) is 7.24. The van der Waals surface area contributed by atoms with Crippen molar-refractivity contribution in [2.45, 2.75) is 17.9 Å². The lowest BCUT2D eigenvalue weighted by atomic mass is 10.1. The third-order valence-electron chi connectivity index (χ3n) is 4.88. The van der Waals surface area contributed by atoms with Crippen molar-refractivity contribution < 1.29 is 27.2 Å². The van der Waals surface area contributed by atoms with Crippen LogP contribution in [0.2, 0.25) is 0 Å². The Morgan fingerprint density at radius 3 is 2.36 bits per heavy atom. The van der Waals surface area contributed by atoms with Gasteiger partial charge in [-0.15, -0.1) is 0 Å². The van der Waals surface area contributed by atoms with Gasteiger partial charge in [-0.2, -0.15) is 5.10 Å². The van der Waals surface area contributed by atoms with Gasteiger partial charge in [0.15, 0.2) is 9.84 Å². The lowest BCUT2D eigenvalue weighted by molar-refractivity contribution is -0.128. The Labute approximate surface area is 190 Å². The molecule has 0 aliphatic heterocycles. The third-order valence-corrected chi connectivity index (χ3v) is 6.51. The zero-order valence-corrected chi connectivity index (χ0v) is 19.0. The molecule has 9 nitrogen and oxygen atoms in total. The fourth-order valence-electron chi connectivity index (χ4n) is 3.16. The van der Waals surface area contributed by atoms with Gasteiger partial charge in [0, 0.05) is 12.6 Å². The van der Waals surface area contributed by atoms with Gasteiger partial charge < -0.3 is 5.32 Å². The Morgan fingerprint density at radius 1 is 1.12 bits per heavy atom. The standard InChI is InChI=1S/C22H23FN4O5S/c1-14(15-6-10-18(11-7-15)33(30,31)13-21(28)26-32-3)24-22(29)20-12-19(25-27(20)2)16-4-8-17(23)9-5-16/h4-12,14H,13H2,1-3H3,(H,24,29)(H,26,28). The van der Waals surface area contributed by atoms with Gasteiger partial charge in [-0.3, -0.25) is 19.1 Å². The highest BCUT2D eigenvalue weighted by molar-refractivity contribution is 7.92. The monoisotopic (exact) mass is 474 g/mol. The van der Waals surface area contributed by atoms with Crippen LogP contribution in [0.25, 0.3) is 11.3 Å². The first-order valence-electron chi connectivity index (χ1n) is 9.86. The third kappa shape index (κ3) is 5.82. The minimum absolute atomic E-state index is 0.0217. The number of carbonyl (C=O) groups excluding carboxylic acids is 2. The Bertz CT molecular complexity index is 1250. The first-order valence-corrected chi connectivity index (χ1v) is 11.5. The second-order valence-corrected chi connectivity index (χ2v) is 9.29. The molecule has 0 fully saturated rings. The first kappa shape index (κ1) is 24.1. The molecule has 0 spiro atoms. The van der Waals surface area contributed by atoms with E-state index in [1.54, 1.807) is 44.3 Å². The molecule has 0 saturated heterocycles.